The summed E-state index contributed by atoms with van der Waals surface area (Å²) in [4.78, 5) is 22.5. The second-order valence-corrected chi connectivity index (χ2v) is 5.74. The van der Waals surface area contributed by atoms with Crippen LogP contribution in [-0.4, -0.2) is 37.5 Å². The van der Waals surface area contributed by atoms with Gasteiger partial charge >= 0.3 is 24.3 Å². The summed E-state index contributed by atoms with van der Waals surface area (Å²) in [5.41, 5.74) is 0. The summed E-state index contributed by atoms with van der Waals surface area (Å²) < 4.78 is 57.8. The van der Waals surface area contributed by atoms with Gasteiger partial charge in [0.1, 0.15) is 0 Å². The lowest BCUT2D eigenvalue weighted by Crippen LogP contribution is -2.33. The molecule has 1 rings (SSSR count). The van der Waals surface area contributed by atoms with Gasteiger partial charge in [0, 0.05) is 0 Å². The van der Waals surface area contributed by atoms with Crippen molar-refractivity contribution in [3.8, 4) is 0 Å². The molecule has 0 aliphatic heterocycles. The minimum absolute atomic E-state index is 0.266. The Bertz CT molecular complexity index is 382. The van der Waals surface area contributed by atoms with Crippen LogP contribution >= 0.6 is 0 Å². The first-order valence-corrected chi connectivity index (χ1v) is 7.78. The van der Waals surface area contributed by atoms with Gasteiger partial charge in [0.25, 0.3) is 0 Å². The molecule has 1 saturated carbocycles. The molecule has 0 atom stereocenters. The summed E-state index contributed by atoms with van der Waals surface area (Å²) in [5.74, 6) is -5.58. The van der Waals surface area contributed by atoms with E-state index in [1.165, 1.54) is 19.3 Å². The van der Waals surface area contributed by atoms with E-state index in [2.05, 4.69) is 4.74 Å². The number of hydrogen-bond donors (Lipinski definition) is 0. The zero-order chi connectivity index (χ0) is 17.3. The highest BCUT2D eigenvalue weighted by atomic mass is 19.3. The molecule has 0 unspecified atom stereocenters. The number of rotatable bonds is 9. The normalized spacial score (nSPS) is 16.4. The van der Waals surface area contributed by atoms with Crippen LogP contribution in [0.5, 0.6) is 0 Å². The van der Waals surface area contributed by atoms with Crippen molar-refractivity contribution in [2.24, 2.45) is 5.92 Å². The first-order chi connectivity index (χ1) is 10.8. The number of carbonyl (C=O) groups is 2. The molecule has 23 heavy (non-hydrogen) atoms. The molecule has 0 N–H and O–H groups in total. The van der Waals surface area contributed by atoms with Crippen LogP contribution in [0, 0.1) is 5.92 Å². The van der Waals surface area contributed by atoms with Crippen molar-refractivity contribution in [3.05, 3.63) is 0 Å². The number of esters is 2. The molecule has 134 valence electrons. The van der Waals surface area contributed by atoms with E-state index in [9.17, 15) is 27.2 Å². The topological polar surface area (TPSA) is 52.6 Å². The maximum absolute atomic E-state index is 12.5. The molecule has 0 saturated heterocycles. The van der Waals surface area contributed by atoms with Crippen molar-refractivity contribution >= 4 is 11.9 Å². The van der Waals surface area contributed by atoms with Gasteiger partial charge in [0.05, 0.1) is 19.4 Å². The molecule has 0 heterocycles. The summed E-state index contributed by atoms with van der Waals surface area (Å²) >= 11 is 0. The quantitative estimate of drug-likeness (QED) is 0.473. The highest BCUT2D eigenvalue weighted by molar-refractivity contribution is 5.77. The monoisotopic (exact) mass is 342 g/mol. The van der Waals surface area contributed by atoms with Crippen LogP contribution in [-0.2, 0) is 19.1 Å². The molecule has 0 spiro atoms. The standard InChI is InChI=1S/C15H22F4O4/c16-14(17)15(18,19)10-23-13(21)7-6-12(20)22-9-8-11-4-2-1-3-5-11/h11,14H,1-10H2. The molecule has 0 aromatic carbocycles. The fourth-order valence-corrected chi connectivity index (χ4v) is 2.40. The average Bonchev–Trinajstić information content (AvgIpc) is 2.52. The SMILES string of the molecule is O=C(CCC(=O)OCC(F)(F)C(F)F)OCCC1CCCCC1. The van der Waals surface area contributed by atoms with Crippen molar-refractivity contribution in [2.75, 3.05) is 13.2 Å². The van der Waals surface area contributed by atoms with E-state index in [1.807, 2.05) is 0 Å². The maximum atomic E-state index is 12.5. The van der Waals surface area contributed by atoms with Crippen molar-refractivity contribution < 1.29 is 36.6 Å². The van der Waals surface area contributed by atoms with Crippen LogP contribution in [0.25, 0.3) is 0 Å². The predicted octanol–water partition coefficient (Wildman–Crippen LogP) is 3.72. The van der Waals surface area contributed by atoms with Gasteiger partial charge in [0.15, 0.2) is 6.61 Å². The average molecular weight is 342 g/mol. The van der Waals surface area contributed by atoms with Gasteiger partial charge in [-0.05, 0) is 12.3 Å². The largest absolute Gasteiger partial charge is 0.466 e. The summed E-state index contributed by atoms with van der Waals surface area (Å²) in [6.45, 7) is -1.43. The van der Waals surface area contributed by atoms with E-state index in [0.29, 0.717) is 5.92 Å². The smallest absolute Gasteiger partial charge is 0.340 e. The van der Waals surface area contributed by atoms with Crippen LogP contribution in [0.3, 0.4) is 0 Å². The number of ether oxygens (including phenoxy) is 2. The molecule has 4 nitrogen and oxygen atoms in total. The summed E-state index contributed by atoms with van der Waals surface area (Å²) in [6.07, 6.45) is 1.96. The second-order valence-electron chi connectivity index (χ2n) is 5.74. The Kier molecular flexibility index (Phi) is 8.33. The first-order valence-electron chi connectivity index (χ1n) is 7.78. The zero-order valence-corrected chi connectivity index (χ0v) is 12.9. The maximum Gasteiger partial charge on any atom is 0.340 e. The van der Waals surface area contributed by atoms with Crippen LogP contribution in [0.15, 0.2) is 0 Å². The highest BCUT2D eigenvalue weighted by Gasteiger charge is 2.42. The molecule has 0 aromatic heterocycles. The van der Waals surface area contributed by atoms with Crippen LogP contribution in [0.4, 0.5) is 17.6 Å². The summed E-state index contributed by atoms with van der Waals surface area (Å²) in [7, 11) is 0. The van der Waals surface area contributed by atoms with Crippen LogP contribution < -0.4 is 0 Å². The van der Waals surface area contributed by atoms with Crippen LogP contribution in [0.1, 0.15) is 51.4 Å². The fraction of sp³-hybridized carbons (Fsp3) is 0.867. The van der Waals surface area contributed by atoms with Gasteiger partial charge in [-0.25, -0.2) is 8.78 Å². The van der Waals surface area contributed by atoms with E-state index in [0.717, 1.165) is 19.3 Å². The zero-order valence-electron chi connectivity index (χ0n) is 12.9. The van der Waals surface area contributed by atoms with E-state index < -0.39 is 37.3 Å². The predicted molar refractivity (Wildman–Crippen MR) is 73.3 cm³/mol. The minimum Gasteiger partial charge on any atom is -0.466 e. The van der Waals surface area contributed by atoms with Gasteiger partial charge in [-0.3, -0.25) is 9.59 Å². The lowest BCUT2D eigenvalue weighted by atomic mass is 9.87. The molecular formula is C15H22F4O4. The van der Waals surface area contributed by atoms with E-state index in [1.54, 1.807) is 0 Å². The van der Waals surface area contributed by atoms with E-state index in [-0.39, 0.29) is 13.0 Å². The summed E-state index contributed by atoms with van der Waals surface area (Å²) in [6, 6.07) is 0. The Morgan fingerprint density at radius 1 is 1.00 bits per heavy atom. The Balaban J connectivity index is 2.09. The molecule has 0 aromatic rings. The van der Waals surface area contributed by atoms with Crippen molar-refractivity contribution in [1.29, 1.82) is 0 Å². The van der Waals surface area contributed by atoms with Crippen LogP contribution in [0.2, 0.25) is 0 Å². The molecule has 0 amide bonds. The third kappa shape index (κ3) is 8.18. The second kappa shape index (κ2) is 9.72. The Morgan fingerprint density at radius 2 is 1.57 bits per heavy atom. The summed E-state index contributed by atoms with van der Waals surface area (Å²) in [5, 5.41) is 0. The number of carbonyl (C=O) groups excluding carboxylic acids is 2. The first kappa shape index (κ1) is 19.7. The van der Waals surface area contributed by atoms with Crippen molar-refractivity contribution in [2.45, 2.75) is 63.7 Å². The number of hydrogen-bond acceptors (Lipinski definition) is 4. The number of halogens is 4. The van der Waals surface area contributed by atoms with Gasteiger partial charge in [-0.15, -0.1) is 0 Å². The number of alkyl halides is 4. The van der Waals surface area contributed by atoms with Gasteiger partial charge in [-0.1, -0.05) is 32.1 Å². The Hall–Kier alpha value is -1.34. The molecule has 1 fully saturated rings. The Labute approximate surface area is 132 Å². The van der Waals surface area contributed by atoms with Crippen molar-refractivity contribution in [3.63, 3.8) is 0 Å². The Morgan fingerprint density at radius 3 is 2.13 bits per heavy atom. The molecule has 1 aliphatic rings. The molecule has 1 aliphatic carbocycles. The van der Waals surface area contributed by atoms with Gasteiger partial charge in [0.2, 0.25) is 0 Å². The third-order valence-electron chi connectivity index (χ3n) is 3.79. The lowest BCUT2D eigenvalue weighted by molar-refractivity contribution is -0.180. The lowest BCUT2D eigenvalue weighted by Gasteiger charge is -2.21. The molecular weight excluding hydrogens is 320 g/mol. The minimum atomic E-state index is -4.38. The third-order valence-corrected chi connectivity index (χ3v) is 3.79. The van der Waals surface area contributed by atoms with E-state index in [4.69, 9.17) is 4.74 Å². The van der Waals surface area contributed by atoms with Crippen molar-refractivity contribution in [1.82, 2.24) is 0 Å². The highest BCUT2D eigenvalue weighted by Crippen LogP contribution is 2.26. The van der Waals surface area contributed by atoms with E-state index >= 15 is 0 Å². The van der Waals surface area contributed by atoms with Gasteiger partial charge < -0.3 is 9.47 Å². The molecule has 0 radical (unpaired) electrons. The molecule has 0 bridgehead atoms. The molecule has 8 heteroatoms. The van der Waals surface area contributed by atoms with Gasteiger partial charge in [-0.2, -0.15) is 8.78 Å². The fourth-order valence-electron chi connectivity index (χ4n) is 2.40.